The van der Waals surface area contributed by atoms with E-state index in [-0.39, 0.29) is 18.7 Å². The molecular weight excluding hydrogens is 256 g/mol. The highest BCUT2D eigenvalue weighted by Crippen LogP contribution is 2.31. The van der Waals surface area contributed by atoms with Gasteiger partial charge in [0.15, 0.2) is 0 Å². The van der Waals surface area contributed by atoms with Crippen LogP contribution in [0.2, 0.25) is 0 Å². The summed E-state index contributed by atoms with van der Waals surface area (Å²) in [5, 5.41) is 8.90. The largest absolute Gasteiger partial charge is 0.449 e. The number of hydrogen-bond donors (Lipinski definition) is 1. The molecule has 0 aliphatic carbocycles. The van der Waals surface area contributed by atoms with E-state index in [0.29, 0.717) is 6.61 Å². The lowest BCUT2D eigenvalue weighted by atomic mass is 9.95. The van der Waals surface area contributed by atoms with Gasteiger partial charge in [-0.1, -0.05) is 6.07 Å². The molecule has 1 atom stereocenters. The molecule has 20 heavy (non-hydrogen) atoms. The number of carbonyl (C=O) groups excluding carboxylic acids is 1. The van der Waals surface area contributed by atoms with Crippen LogP contribution in [-0.2, 0) is 11.2 Å². The van der Waals surface area contributed by atoms with E-state index in [1.165, 1.54) is 0 Å². The van der Waals surface area contributed by atoms with Crippen LogP contribution >= 0.6 is 0 Å². The Morgan fingerprint density at radius 2 is 2.40 bits per heavy atom. The van der Waals surface area contributed by atoms with E-state index in [9.17, 15) is 4.79 Å². The molecule has 1 aromatic rings. The average molecular weight is 278 g/mol. The van der Waals surface area contributed by atoms with Crippen molar-refractivity contribution in [2.75, 3.05) is 18.1 Å². The number of nitrogens with zero attached hydrogens (tertiary/aromatic N) is 2. The molecular formula is C15H22N2O3. The van der Waals surface area contributed by atoms with Gasteiger partial charge >= 0.3 is 6.09 Å². The Morgan fingerprint density at radius 1 is 1.55 bits per heavy atom. The zero-order valence-corrected chi connectivity index (χ0v) is 11.9. The van der Waals surface area contributed by atoms with Crippen LogP contribution in [0.5, 0.6) is 0 Å². The minimum absolute atomic E-state index is 0.114. The molecule has 5 heteroatoms. The number of aryl methyl sites for hydroxylation is 1. The number of unbranched alkanes of at least 4 members (excludes halogenated alkanes) is 1. The van der Waals surface area contributed by atoms with E-state index in [4.69, 9.17) is 9.84 Å². The van der Waals surface area contributed by atoms with Gasteiger partial charge in [-0.25, -0.2) is 9.78 Å². The number of rotatable bonds is 5. The summed E-state index contributed by atoms with van der Waals surface area (Å²) in [6.45, 7) is 2.36. The number of hydrogen-bond acceptors (Lipinski definition) is 4. The van der Waals surface area contributed by atoms with Gasteiger partial charge in [-0.2, -0.15) is 0 Å². The molecule has 1 amide bonds. The molecule has 1 aliphatic heterocycles. The molecule has 1 aromatic heterocycles. The number of anilines is 1. The van der Waals surface area contributed by atoms with Gasteiger partial charge in [0.25, 0.3) is 0 Å². The predicted molar refractivity (Wildman–Crippen MR) is 76.8 cm³/mol. The SMILES string of the molecule is CCOC(=O)N1c2ncccc2CC[C@@H]1CCCCO. The molecule has 0 fully saturated rings. The maximum Gasteiger partial charge on any atom is 0.415 e. The van der Waals surface area contributed by atoms with Crippen LogP contribution in [0.25, 0.3) is 0 Å². The molecule has 0 spiro atoms. The monoisotopic (exact) mass is 278 g/mol. The van der Waals surface area contributed by atoms with Gasteiger partial charge in [-0.3, -0.25) is 4.90 Å². The van der Waals surface area contributed by atoms with Crippen LogP contribution in [0.4, 0.5) is 10.6 Å². The highest BCUT2D eigenvalue weighted by molar-refractivity contribution is 5.88. The fourth-order valence-corrected chi connectivity index (χ4v) is 2.66. The molecule has 1 N–H and O–H groups in total. The summed E-state index contributed by atoms with van der Waals surface area (Å²) in [6, 6.07) is 4.02. The first-order chi connectivity index (χ1) is 9.77. The van der Waals surface area contributed by atoms with Crippen LogP contribution < -0.4 is 4.90 Å². The zero-order valence-electron chi connectivity index (χ0n) is 11.9. The summed E-state index contributed by atoms with van der Waals surface area (Å²) >= 11 is 0. The van der Waals surface area contributed by atoms with Crippen molar-refractivity contribution in [1.82, 2.24) is 4.98 Å². The second-order valence-electron chi connectivity index (χ2n) is 4.97. The summed E-state index contributed by atoms with van der Waals surface area (Å²) in [6.07, 6.45) is 5.78. The normalized spacial score (nSPS) is 17.7. The molecule has 2 heterocycles. The first-order valence-electron chi connectivity index (χ1n) is 7.28. The summed E-state index contributed by atoms with van der Waals surface area (Å²) in [5.74, 6) is 0.728. The van der Waals surface area contributed by atoms with Gasteiger partial charge in [0.2, 0.25) is 0 Å². The molecule has 0 radical (unpaired) electrons. The Morgan fingerprint density at radius 3 is 3.15 bits per heavy atom. The molecule has 0 saturated carbocycles. The minimum Gasteiger partial charge on any atom is -0.449 e. The van der Waals surface area contributed by atoms with E-state index in [0.717, 1.165) is 43.5 Å². The molecule has 0 unspecified atom stereocenters. The second kappa shape index (κ2) is 7.24. The summed E-state index contributed by atoms with van der Waals surface area (Å²) < 4.78 is 5.17. The molecule has 0 saturated heterocycles. The quantitative estimate of drug-likeness (QED) is 0.841. The number of amides is 1. The van der Waals surface area contributed by atoms with E-state index >= 15 is 0 Å². The number of carbonyl (C=O) groups is 1. The van der Waals surface area contributed by atoms with E-state index < -0.39 is 0 Å². The molecule has 5 nitrogen and oxygen atoms in total. The summed E-state index contributed by atoms with van der Waals surface area (Å²) in [4.78, 5) is 18.3. The Kier molecular flexibility index (Phi) is 5.35. The van der Waals surface area contributed by atoms with Crippen molar-refractivity contribution in [2.45, 2.75) is 45.1 Å². The van der Waals surface area contributed by atoms with Crippen molar-refractivity contribution in [3.63, 3.8) is 0 Å². The Hall–Kier alpha value is -1.62. The van der Waals surface area contributed by atoms with Crippen molar-refractivity contribution in [3.8, 4) is 0 Å². The maximum atomic E-state index is 12.2. The van der Waals surface area contributed by atoms with Crippen LogP contribution in [0, 0.1) is 0 Å². The fraction of sp³-hybridized carbons (Fsp3) is 0.600. The number of aliphatic hydroxyl groups is 1. The second-order valence-corrected chi connectivity index (χ2v) is 4.97. The van der Waals surface area contributed by atoms with Crippen LogP contribution in [0.15, 0.2) is 18.3 Å². The van der Waals surface area contributed by atoms with Gasteiger partial charge < -0.3 is 9.84 Å². The van der Waals surface area contributed by atoms with Gasteiger partial charge in [0.05, 0.1) is 6.61 Å². The number of aromatic nitrogens is 1. The smallest absolute Gasteiger partial charge is 0.415 e. The fourth-order valence-electron chi connectivity index (χ4n) is 2.66. The van der Waals surface area contributed by atoms with Crippen LogP contribution in [0.3, 0.4) is 0 Å². The van der Waals surface area contributed by atoms with E-state index in [2.05, 4.69) is 4.98 Å². The van der Waals surface area contributed by atoms with Crippen molar-refractivity contribution < 1.29 is 14.6 Å². The Balaban J connectivity index is 2.18. The lowest BCUT2D eigenvalue weighted by molar-refractivity contribution is 0.155. The molecule has 0 bridgehead atoms. The number of aliphatic hydroxyl groups excluding tert-OH is 1. The van der Waals surface area contributed by atoms with Crippen molar-refractivity contribution >= 4 is 11.9 Å². The maximum absolute atomic E-state index is 12.2. The highest BCUT2D eigenvalue weighted by Gasteiger charge is 2.32. The standard InChI is InChI=1S/C15H22N2O3/c1-2-20-15(19)17-13(7-3-4-11-18)9-8-12-6-5-10-16-14(12)17/h5-6,10,13,18H,2-4,7-9,11H2,1H3/t13-/m0/s1. The predicted octanol–water partition coefficient (Wildman–Crippen LogP) is 2.52. The third kappa shape index (κ3) is 3.28. The van der Waals surface area contributed by atoms with Gasteiger partial charge in [0, 0.05) is 18.8 Å². The first-order valence-corrected chi connectivity index (χ1v) is 7.28. The van der Waals surface area contributed by atoms with Crippen LogP contribution in [0.1, 0.15) is 38.2 Å². The summed E-state index contributed by atoms with van der Waals surface area (Å²) in [7, 11) is 0. The number of ether oxygens (including phenoxy) is 1. The van der Waals surface area contributed by atoms with Crippen molar-refractivity contribution in [1.29, 1.82) is 0 Å². The Bertz CT molecular complexity index is 450. The molecule has 2 rings (SSSR count). The molecule has 0 aromatic carbocycles. The number of pyridine rings is 1. The average Bonchev–Trinajstić information content (AvgIpc) is 2.47. The first kappa shape index (κ1) is 14.8. The lowest BCUT2D eigenvalue weighted by Crippen LogP contribution is -2.44. The lowest BCUT2D eigenvalue weighted by Gasteiger charge is -2.35. The van der Waals surface area contributed by atoms with E-state index in [1.807, 2.05) is 19.1 Å². The highest BCUT2D eigenvalue weighted by atomic mass is 16.6. The third-order valence-corrected chi connectivity index (χ3v) is 3.62. The van der Waals surface area contributed by atoms with Gasteiger partial charge in [0.1, 0.15) is 5.82 Å². The zero-order chi connectivity index (χ0) is 14.4. The summed E-state index contributed by atoms with van der Waals surface area (Å²) in [5.41, 5.74) is 1.10. The molecule has 1 aliphatic rings. The van der Waals surface area contributed by atoms with Gasteiger partial charge in [-0.15, -0.1) is 0 Å². The van der Waals surface area contributed by atoms with Crippen molar-refractivity contribution in [3.05, 3.63) is 23.9 Å². The van der Waals surface area contributed by atoms with Gasteiger partial charge in [-0.05, 0) is 50.7 Å². The molecule has 110 valence electrons. The van der Waals surface area contributed by atoms with Crippen LogP contribution in [-0.4, -0.2) is 35.4 Å². The number of fused-ring (bicyclic) bond motifs is 1. The topological polar surface area (TPSA) is 62.7 Å². The van der Waals surface area contributed by atoms with Crippen molar-refractivity contribution in [2.24, 2.45) is 0 Å². The third-order valence-electron chi connectivity index (χ3n) is 3.62. The minimum atomic E-state index is -0.318. The van der Waals surface area contributed by atoms with E-state index in [1.54, 1.807) is 11.1 Å². The Labute approximate surface area is 119 Å².